The number of benzene rings is 3. The third-order valence-electron chi connectivity index (χ3n) is 8.33. The van der Waals surface area contributed by atoms with Crippen LogP contribution in [0.5, 0.6) is 0 Å². The highest BCUT2D eigenvalue weighted by atomic mass is 32.2. The summed E-state index contributed by atoms with van der Waals surface area (Å²) in [5.41, 5.74) is 6.12. The number of amides is 1. The van der Waals surface area contributed by atoms with Gasteiger partial charge in [-0.1, -0.05) is 75.0 Å². The molecule has 0 saturated carbocycles. The third kappa shape index (κ3) is 7.88. The summed E-state index contributed by atoms with van der Waals surface area (Å²) in [5, 5.41) is 12.9. The van der Waals surface area contributed by atoms with Crippen molar-refractivity contribution >= 4 is 39.8 Å². The molecule has 9 heteroatoms. The number of aromatic nitrogens is 2. The van der Waals surface area contributed by atoms with Crippen molar-refractivity contribution in [3.8, 4) is 11.1 Å². The lowest BCUT2D eigenvalue weighted by Crippen LogP contribution is -2.38. The van der Waals surface area contributed by atoms with Crippen molar-refractivity contribution in [3.05, 3.63) is 88.7 Å². The van der Waals surface area contributed by atoms with Crippen molar-refractivity contribution in [2.45, 2.75) is 78.5 Å². The average molecular weight is 642 g/mol. The van der Waals surface area contributed by atoms with E-state index in [4.69, 9.17) is 9.72 Å². The zero-order valence-corrected chi connectivity index (χ0v) is 27.9. The van der Waals surface area contributed by atoms with E-state index in [2.05, 4.69) is 30.7 Å². The SMILES string of the molecule is CCCc1nc2c(C)cc(C(=O)N[C@@H](CSC(=O)[C@@H]3CCCO3)CC(C)C)cc2n1Cc1ccc(-c2ccccc2C(=O)O)cc1. The van der Waals surface area contributed by atoms with Gasteiger partial charge in [0.25, 0.3) is 5.91 Å². The molecule has 5 rings (SSSR count). The van der Waals surface area contributed by atoms with E-state index in [-0.39, 0.29) is 28.7 Å². The molecule has 0 radical (unpaired) electrons. The van der Waals surface area contributed by atoms with Crippen LogP contribution in [0, 0.1) is 12.8 Å². The van der Waals surface area contributed by atoms with Crippen LogP contribution in [0.25, 0.3) is 22.2 Å². The number of carboxylic acid groups (broad SMARTS) is 1. The number of hydrogen-bond acceptors (Lipinski definition) is 6. The maximum atomic E-state index is 13.7. The quantitative estimate of drug-likeness (QED) is 0.158. The van der Waals surface area contributed by atoms with Crippen LogP contribution < -0.4 is 5.32 Å². The Morgan fingerprint density at radius 3 is 2.54 bits per heavy atom. The van der Waals surface area contributed by atoms with Gasteiger partial charge in [-0.15, -0.1) is 0 Å². The average Bonchev–Trinajstić information content (AvgIpc) is 3.69. The second kappa shape index (κ2) is 15.1. The molecule has 1 aliphatic heterocycles. The molecule has 0 aliphatic carbocycles. The Balaban J connectivity index is 1.39. The van der Waals surface area contributed by atoms with Crippen molar-refractivity contribution in [1.82, 2.24) is 14.9 Å². The number of rotatable bonds is 13. The third-order valence-corrected chi connectivity index (χ3v) is 9.45. The minimum Gasteiger partial charge on any atom is -0.478 e. The maximum Gasteiger partial charge on any atom is 0.336 e. The van der Waals surface area contributed by atoms with Gasteiger partial charge in [-0.05, 0) is 79.0 Å². The molecule has 2 N–H and O–H groups in total. The minimum atomic E-state index is -0.953. The van der Waals surface area contributed by atoms with Gasteiger partial charge in [0.1, 0.15) is 11.9 Å². The van der Waals surface area contributed by atoms with Gasteiger partial charge in [0, 0.05) is 36.9 Å². The molecule has 2 heterocycles. The van der Waals surface area contributed by atoms with E-state index in [1.165, 1.54) is 11.8 Å². The highest BCUT2D eigenvalue weighted by Gasteiger charge is 2.26. The van der Waals surface area contributed by atoms with Crippen LogP contribution in [-0.4, -0.2) is 56.2 Å². The van der Waals surface area contributed by atoms with Gasteiger partial charge >= 0.3 is 5.97 Å². The number of carbonyl (C=O) groups is 3. The Morgan fingerprint density at radius 2 is 1.87 bits per heavy atom. The van der Waals surface area contributed by atoms with E-state index in [1.54, 1.807) is 12.1 Å². The topological polar surface area (TPSA) is 111 Å². The highest BCUT2D eigenvalue weighted by Crippen LogP contribution is 2.28. The van der Waals surface area contributed by atoms with Crippen LogP contribution >= 0.6 is 11.8 Å². The summed E-state index contributed by atoms with van der Waals surface area (Å²) in [6.45, 7) is 9.55. The zero-order valence-electron chi connectivity index (χ0n) is 27.0. The molecule has 0 unspecified atom stereocenters. The molecular weight excluding hydrogens is 598 g/mol. The van der Waals surface area contributed by atoms with Crippen molar-refractivity contribution in [2.75, 3.05) is 12.4 Å². The number of nitrogens with zero attached hydrogens (tertiary/aromatic N) is 2. The Kier molecular flexibility index (Phi) is 11.0. The molecule has 1 amide bonds. The first-order valence-electron chi connectivity index (χ1n) is 16.1. The van der Waals surface area contributed by atoms with Gasteiger partial charge in [0.15, 0.2) is 0 Å². The number of thioether (sulfide) groups is 1. The lowest BCUT2D eigenvalue weighted by Gasteiger charge is -2.21. The van der Waals surface area contributed by atoms with Gasteiger partial charge < -0.3 is 19.7 Å². The Labute approximate surface area is 274 Å². The maximum absolute atomic E-state index is 13.7. The minimum absolute atomic E-state index is 0.0456. The lowest BCUT2D eigenvalue weighted by atomic mass is 9.98. The summed E-state index contributed by atoms with van der Waals surface area (Å²) in [5.74, 6) is 0.711. The van der Waals surface area contributed by atoms with Gasteiger partial charge in [0.2, 0.25) is 5.12 Å². The molecule has 46 heavy (non-hydrogen) atoms. The second-order valence-corrected chi connectivity index (χ2v) is 13.5. The number of ether oxygens (including phenoxy) is 1. The largest absolute Gasteiger partial charge is 0.478 e. The van der Waals surface area contributed by atoms with Crippen LogP contribution in [0.15, 0.2) is 60.7 Å². The number of carboxylic acids is 1. The fraction of sp³-hybridized carbons (Fsp3) is 0.405. The lowest BCUT2D eigenvalue weighted by molar-refractivity contribution is -0.118. The Morgan fingerprint density at radius 1 is 1.11 bits per heavy atom. The number of aromatic carboxylic acids is 1. The first-order valence-corrected chi connectivity index (χ1v) is 17.1. The predicted octanol–water partition coefficient (Wildman–Crippen LogP) is 7.29. The summed E-state index contributed by atoms with van der Waals surface area (Å²) in [4.78, 5) is 43.1. The summed E-state index contributed by atoms with van der Waals surface area (Å²) in [7, 11) is 0. The molecule has 0 bridgehead atoms. The van der Waals surface area contributed by atoms with E-state index in [9.17, 15) is 19.5 Å². The molecule has 0 spiro atoms. The van der Waals surface area contributed by atoms with Gasteiger partial charge in [0.05, 0.1) is 16.6 Å². The molecule has 4 aromatic rings. The number of aryl methyl sites for hydroxylation is 2. The smallest absolute Gasteiger partial charge is 0.336 e. The standard InChI is InChI=1S/C37H43N3O5S/c1-5-9-33-39-34-24(4)19-27(35(41)38-28(18-23(2)3)22-46-37(44)32-12-8-17-45-32)20-31(34)40(33)21-25-13-15-26(16-14-25)29-10-6-7-11-30(29)36(42)43/h6-7,10-11,13-16,19-20,23,28,32H,5,8-9,12,17-18,21-22H2,1-4H3,(H,38,41)(H,42,43)/t28-,32+/m1/s1. The van der Waals surface area contributed by atoms with Crippen LogP contribution in [0.3, 0.4) is 0 Å². The van der Waals surface area contributed by atoms with E-state index in [1.807, 2.05) is 55.5 Å². The highest BCUT2D eigenvalue weighted by molar-refractivity contribution is 8.13. The molecule has 1 aromatic heterocycles. The molecule has 242 valence electrons. The summed E-state index contributed by atoms with van der Waals surface area (Å²) in [6.07, 6.45) is 3.84. The number of nitrogens with one attached hydrogen (secondary N) is 1. The first-order chi connectivity index (χ1) is 22.1. The molecule has 1 aliphatic rings. The van der Waals surface area contributed by atoms with Crippen LogP contribution in [0.4, 0.5) is 0 Å². The van der Waals surface area contributed by atoms with Gasteiger partial charge in [-0.25, -0.2) is 9.78 Å². The van der Waals surface area contributed by atoms with Crippen molar-refractivity contribution in [3.63, 3.8) is 0 Å². The van der Waals surface area contributed by atoms with Gasteiger partial charge in [-0.3, -0.25) is 9.59 Å². The normalized spacial score (nSPS) is 15.4. The van der Waals surface area contributed by atoms with E-state index in [0.717, 1.165) is 65.7 Å². The fourth-order valence-electron chi connectivity index (χ4n) is 6.10. The summed E-state index contributed by atoms with van der Waals surface area (Å²) in [6, 6.07) is 18.6. The summed E-state index contributed by atoms with van der Waals surface area (Å²) >= 11 is 1.26. The van der Waals surface area contributed by atoms with Crippen molar-refractivity contribution < 1.29 is 24.2 Å². The van der Waals surface area contributed by atoms with E-state index in [0.29, 0.717) is 35.9 Å². The zero-order chi connectivity index (χ0) is 32.8. The molecular formula is C37H43N3O5S. The number of hydrogen-bond donors (Lipinski definition) is 2. The molecule has 2 atom stereocenters. The van der Waals surface area contributed by atoms with Crippen molar-refractivity contribution in [1.29, 1.82) is 0 Å². The predicted molar refractivity (Wildman–Crippen MR) is 184 cm³/mol. The van der Waals surface area contributed by atoms with Crippen LogP contribution in [-0.2, 0) is 22.5 Å². The Hall–Kier alpha value is -3.95. The van der Waals surface area contributed by atoms with Crippen LogP contribution in [0.1, 0.15) is 84.1 Å². The van der Waals surface area contributed by atoms with Crippen molar-refractivity contribution in [2.24, 2.45) is 5.92 Å². The fourth-order valence-corrected chi connectivity index (χ4v) is 7.06. The molecule has 8 nitrogen and oxygen atoms in total. The first kappa shape index (κ1) is 33.4. The van der Waals surface area contributed by atoms with E-state index < -0.39 is 5.97 Å². The van der Waals surface area contributed by atoms with Gasteiger partial charge in [-0.2, -0.15) is 0 Å². The summed E-state index contributed by atoms with van der Waals surface area (Å²) < 4.78 is 7.74. The monoisotopic (exact) mass is 641 g/mol. The Bertz CT molecular complexity index is 1710. The second-order valence-electron chi connectivity index (χ2n) is 12.5. The molecule has 3 aromatic carbocycles. The molecule has 1 fully saturated rings. The number of carbonyl (C=O) groups excluding carboxylic acids is 2. The van der Waals surface area contributed by atoms with Crippen LogP contribution in [0.2, 0.25) is 0 Å². The molecule has 1 saturated heterocycles. The van der Waals surface area contributed by atoms with E-state index >= 15 is 0 Å². The number of fused-ring (bicyclic) bond motifs is 1. The number of imidazole rings is 1.